The molecule has 3 nitrogen and oxygen atoms in total. The van der Waals surface area contributed by atoms with Gasteiger partial charge in [0.15, 0.2) is 0 Å². The Bertz CT molecular complexity index is 613. The Hall–Kier alpha value is -1.74. The van der Waals surface area contributed by atoms with Crippen molar-refractivity contribution in [2.75, 3.05) is 0 Å². The molecule has 16 heavy (non-hydrogen) atoms. The van der Waals surface area contributed by atoms with Gasteiger partial charge in [-0.3, -0.25) is 0 Å². The second-order valence-corrected chi connectivity index (χ2v) is 3.94. The molecule has 0 saturated carbocycles. The molecule has 1 N–H and O–H groups in total. The average molecular weight is 237 g/mol. The molecule has 0 atom stereocenters. The molecule has 0 aliphatic rings. The summed E-state index contributed by atoms with van der Waals surface area (Å²) in [6.07, 6.45) is 0.236. The minimum absolute atomic E-state index is 0.236. The highest BCUT2D eigenvalue weighted by molar-refractivity contribution is 6.29. The van der Waals surface area contributed by atoms with Crippen LogP contribution in [0.1, 0.15) is 5.56 Å². The lowest BCUT2D eigenvalue weighted by Gasteiger charge is -2.06. The van der Waals surface area contributed by atoms with Crippen LogP contribution in [0.4, 0.5) is 0 Å². The summed E-state index contributed by atoms with van der Waals surface area (Å²) in [4.78, 5) is 11.3. The van der Waals surface area contributed by atoms with Gasteiger partial charge in [0, 0.05) is 22.4 Å². The maximum Gasteiger partial charge on any atom is 0.379 e. The van der Waals surface area contributed by atoms with Crippen LogP contribution in [0.15, 0.2) is 45.1 Å². The summed E-state index contributed by atoms with van der Waals surface area (Å²) >= 11 is 5.70. The Kier molecular flexibility index (Phi) is 2.71. The second-order valence-electron chi connectivity index (χ2n) is 3.41. The number of benzene rings is 1. The SMILES string of the molecule is C=C(Cl)Cc1c(O)c(=O)oc2ccccc12. The number of hydrogen-bond acceptors (Lipinski definition) is 3. The third-order valence-corrected chi connectivity index (χ3v) is 2.40. The fourth-order valence-corrected chi connectivity index (χ4v) is 1.71. The van der Waals surface area contributed by atoms with E-state index in [1.807, 2.05) is 0 Å². The number of allylic oxidation sites excluding steroid dienone is 1. The molecule has 1 aromatic carbocycles. The quantitative estimate of drug-likeness (QED) is 0.816. The van der Waals surface area contributed by atoms with E-state index in [0.717, 1.165) is 0 Å². The van der Waals surface area contributed by atoms with Gasteiger partial charge in [-0.05, 0) is 6.07 Å². The summed E-state index contributed by atoms with van der Waals surface area (Å²) < 4.78 is 4.94. The van der Waals surface area contributed by atoms with Crippen LogP contribution in [0.25, 0.3) is 11.0 Å². The summed E-state index contributed by atoms with van der Waals surface area (Å²) in [5, 5.41) is 10.7. The van der Waals surface area contributed by atoms with Crippen molar-refractivity contribution >= 4 is 22.6 Å². The Morgan fingerprint density at radius 1 is 1.44 bits per heavy atom. The number of halogens is 1. The molecule has 1 heterocycles. The van der Waals surface area contributed by atoms with Gasteiger partial charge in [0.1, 0.15) is 5.58 Å². The zero-order valence-electron chi connectivity index (χ0n) is 8.37. The first-order chi connectivity index (χ1) is 7.59. The van der Waals surface area contributed by atoms with Gasteiger partial charge in [0.2, 0.25) is 5.75 Å². The van der Waals surface area contributed by atoms with Crippen molar-refractivity contribution in [3.63, 3.8) is 0 Å². The van der Waals surface area contributed by atoms with Crippen LogP contribution >= 0.6 is 11.6 Å². The molecule has 0 saturated heterocycles. The van der Waals surface area contributed by atoms with Crippen molar-refractivity contribution in [3.05, 3.63) is 51.9 Å². The topological polar surface area (TPSA) is 50.4 Å². The summed E-state index contributed by atoms with van der Waals surface area (Å²) in [6.45, 7) is 3.55. The molecule has 1 aromatic heterocycles. The molecule has 0 spiro atoms. The molecule has 2 rings (SSSR count). The molecular formula is C12H9ClO3. The number of fused-ring (bicyclic) bond motifs is 1. The molecule has 0 aliphatic heterocycles. The third-order valence-electron chi connectivity index (χ3n) is 2.26. The number of para-hydroxylation sites is 1. The number of hydrogen-bond donors (Lipinski definition) is 1. The maximum absolute atomic E-state index is 11.3. The number of rotatable bonds is 2. The first-order valence-corrected chi connectivity index (χ1v) is 5.04. The minimum Gasteiger partial charge on any atom is -0.502 e. The van der Waals surface area contributed by atoms with Crippen molar-refractivity contribution in [2.24, 2.45) is 0 Å². The zero-order chi connectivity index (χ0) is 11.7. The standard InChI is InChI=1S/C12H9ClO3/c1-7(13)6-9-8-4-2-3-5-10(8)16-12(15)11(9)14/h2-5,14H,1,6H2. The van der Waals surface area contributed by atoms with Crippen molar-refractivity contribution in [2.45, 2.75) is 6.42 Å². The summed E-state index contributed by atoms with van der Waals surface area (Å²) in [7, 11) is 0. The highest BCUT2D eigenvalue weighted by Gasteiger charge is 2.13. The van der Waals surface area contributed by atoms with Crippen molar-refractivity contribution in [1.29, 1.82) is 0 Å². The Morgan fingerprint density at radius 3 is 2.81 bits per heavy atom. The van der Waals surface area contributed by atoms with Gasteiger partial charge in [-0.15, -0.1) is 0 Å². The van der Waals surface area contributed by atoms with Gasteiger partial charge in [-0.25, -0.2) is 4.79 Å². The summed E-state index contributed by atoms with van der Waals surface area (Å²) in [6, 6.07) is 6.97. The van der Waals surface area contributed by atoms with Crippen LogP contribution in [0.2, 0.25) is 0 Å². The van der Waals surface area contributed by atoms with E-state index in [0.29, 0.717) is 21.6 Å². The predicted octanol–water partition coefficient (Wildman–Crippen LogP) is 2.79. The molecule has 0 radical (unpaired) electrons. The van der Waals surface area contributed by atoms with E-state index < -0.39 is 11.4 Å². The van der Waals surface area contributed by atoms with Crippen LogP contribution < -0.4 is 5.63 Å². The van der Waals surface area contributed by atoms with E-state index >= 15 is 0 Å². The fraction of sp³-hybridized carbons (Fsp3) is 0.0833. The highest BCUT2D eigenvalue weighted by atomic mass is 35.5. The van der Waals surface area contributed by atoms with Crippen LogP contribution in [-0.4, -0.2) is 5.11 Å². The molecule has 0 unspecified atom stereocenters. The summed E-state index contributed by atoms with van der Waals surface area (Å²) in [5.74, 6) is -0.402. The van der Waals surface area contributed by atoms with E-state index in [4.69, 9.17) is 16.0 Å². The van der Waals surface area contributed by atoms with Crippen molar-refractivity contribution in [3.8, 4) is 5.75 Å². The van der Waals surface area contributed by atoms with Gasteiger partial charge < -0.3 is 9.52 Å². The molecule has 0 bridgehead atoms. The fourth-order valence-electron chi connectivity index (χ4n) is 1.57. The predicted molar refractivity (Wildman–Crippen MR) is 62.8 cm³/mol. The van der Waals surface area contributed by atoms with Gasteiger partial charge in [-0.2, -0.15) is 0 Å². The van der Waals surface area contributed by atoms with Gasteiger partial charge in [0.25, 0.3) is 0 Å². The van der Waals surface area contributed by atoms with Crippen LogP contribution in [0.3, 0.4) is 0 Å². The maximum atomic E-state index is 11.3. The molecule has 4 heteroatoms. The van der Waals surface area contributed by atoms with Gasteiger partial charge >= 0.3 is 5.63 Å². The van der Waals surface area contributed by atoms with Crippen LogP contribution in [-0.2, 0) is 6.42 Å². The van der Waals surface area contributed by atoms with E-state index in [2.05, 4.69) is 6.58 Å². The average Bonchev–Trinajstić information content (AvgIpc) is 2.24. The summed E-state index contributed by atoms with van der Waals surface area (Å²) in [5.41, 5.74) is 0.122. The molecule has 0 aliphatic carbocycles. The monoisotopic (exact) mass is 236 g/mol. The minimum atomic E-state index is -0.758. The van der Waals surface area contributed by atoms with Crippen LogP contribution in [0.5, 0.6) is 5.75 Å². The lowest BCUT2D eigenvalue weighted by molar-refractivity contribution is 0.423. The van der Waals surface area contributed by atoms with Gasteiger partial charge in [0.05, 0.1) is 0 Å². The Labute approximate surface area is 96.6 Å². The Balaban J connectivity index is 2.81. The number of aromatic hydroxyl groups is 1. The van der Waals surface area contributed by atoms with E-state index in [1.54, 1.807) is 24.3 Å². The first-order valence-electron chi connectivity index (χ1n) is 4.66. The van der Waals surface area contributed by atoms with Crippen molar-refractivity contribution < 1.29 is 9.52 Å². The Morgan fingerprint density at radius 2 is 2.12 bits per heavy atom. The lowest BCUT2D eigenvalue weighted by atomic mass is 10.1. The largest absolute Gasteiger partial charge is 0.502 e. The highest BCUT2D eigenvalue weighted by Crippen LogP contribution is 2.26. The molecule has 0 amide bonds. The van der Waals surface area contributed by atoms with Gasteiger partial charge in [-0.1, -0.05) is 36.4 Å². The lowest BCUT2D eigenvalue weighted by Crippen LogP contribution is -2.03. The van der Waals surface area contributed by atoms with E-state index in [9.17, 15) is 9.90 Å². The second kappa shape index (κ2) is 4.02. The zero-order valence-corrected chi connectivity index (χ0v) is 9.12. The normalized spacial score (nSPS) is 10.6. The van der Waals surface area contributed by atoms with E-state index in [-0.39, 0.29) is 6.42 Å². The first kappa shape index (κ1) is 10.8. The molecular weight excluding hydrogens is 228 g/mol. The molecule has 0 fully saturated rings. The van der Waals surface area contributed by atoms with Crippen molar-refractivity contribution in [1.82, 2.24) is 0 Å². The van der Waals surface area contributed by atoms with E-state index in [1.165, 1.54) is 0 Å². The molecule has 82 valence electrons. The third kappa shape index (κ3) is 1.82. The molecule has 2 aromatic rings. The van der Waals surface area contributed by atoms with Crippen LogP contribution in [0, 0.1) is 0 Å². The smallest absolute Gasteiger partial charge is 0.379 e.